The van der Waals surface area contributed by atoms with Crippen molar-refractivity contribution in [3.05, 3.63) is 71.4 Å². The van der Waals surface area contributed by atoms with E-state index in [1.807, 2.05) is 30.3 Å². The molecule has 0 aliphatic heterocycles. The normalized spacial score (nSPS) is 10.7. The van der Waals surface area contributed by atoms with Crippen LogP contribution in [0.15, 0.2) is 59.8 Å². The number of hydrogen-bond acceptors (Lipinski definition) is 7. The van der Waals surface area contributed by atoms with Gasteiger partial charge < -0.3 is 14.8 Å². The van der Waals surface area contributed by atoms with Crippen LogP contribution in [-0.4, -0.2) is 36.9 Å². The first-order valence-electron chi connectivity index (χ1n) is 9.31. The number of ether oxygens (including phenoxy) is 2. The molecule has 1 heterocycles. The number of aryl methyl sites for hydroxylation is 1. The number of hydrogen-bond donors (Lipinski definition) is 2. The number of hydrazone groups is 1. The van der Waals surface area contributed by atoms with E-state index in [4.69, 9.17) is 9.47 Å². The molecule has 2 aromatic carbocycles. The van der Waals surface area contributed by atoms with E-state index in [0.29, 0.717) is 18.3 Å². The highest BCUT2D eigenvalue weighted by Crippen LogP contribution is 2.27. The number of anilines is 2. The largest absolute Gasteiger partial charge is 0.493 e. The topological polar surface area (TPSA) is 80.7 Å². The van der Waals surface area contributed by atoms with Gasteiger partial charge in [0.05, 0.1) is 20.4 Å². The molecular formula is C22H25N5O2. The molecule has 0 bridgehead atoms. The third-order valence-electron chi connectivity index (χ3n) is 4.24. The van der Waals surface area contributed by atoms with E-state index < -0.39 is 0 Å². The van der Waals surface area contributed by atoms with Gasteiger partial charge in [0.15, 0.2) is 17.3 Å². The van der Waals surface area contributed by atoms with Crippen molar-refractivity contribution in [1.29, 1.82) is 0 Å². The predicted molar refractivity (Wildman–Crippen MR) is 116 cm³/mol. The average Bonchev–Trinajstić information content (AvgIpc) is 2.74. The zero-order valence-electron chi connectivity index (χ0n) is 16.8. The van der Waals surface area contributed by atoms with Gasteiger partial charge in [-0.1, -0.05) is 35.9 Å². The van der Waals surface area contributed by atoms with Crippen molar-refractivity contribution < 1.29 is 9.47 Å². The zero-order chi connectivity index (χ0) is 20.5. The highest BCUT2D eigenvalue weighted by atomic mass is 16.5. The monoisotopic (exact) mass is 391 g/mol. The SMILES string of the molecule is COc1ccc(CCNc2nccc(NN=Cc3cccc(C)c3)n2)cc1OC. The molecule has 0 amide bonds. The van der Waals surface area contributed by atoms with Crippen LogP contribution in [0.4, 0.5) is 11.8 Å². The Morgan fingerprint density at radius 3 is 2.69 bits per heavy atom. The van der Waals surface area contributed by atoms with E-state index in [1.165, 1.54) is 5.56 Å². The van der Waals surface area contributed by atoms with Crippen molar-refractivity contribution in [3.8, 4) is 11.5 Å². The molecule has 0 spiro atoms. The third kappa shape index (κ3) is 5.93. The molecule has 0 radical (unpaired) electrons. The number of methoxy groups -OCH3 is 2. The van der Waals surface area contributed by atoms with Gasteiger partial charge in [-0.25, -0.2) is 4.98 Å². The fraction of sp³-hybridized carbons (Fsp3) is 0.227. The summed E-state index contributed by atoms with van der Waals surface area (Å²) >= 11 is 0. The van der Waals surface area contributed by atoms with Crippen LogP contribution in [0.2, 0.25) is 0 Å². The highest BCUT2D eigenvalue weighted by Gasteiger charge is 2.05. The second kappa shape index (κ2) is 10.1. The predicted octanol–water partition coefficient (Wildman–Crippen LogP) is 3.90. The molecule has 7 nitrogen and oxygen atoms in total. The van der Waals surface area contributed by atoms with E-state index in [0.717, 1.165) is 29.0 Å². The lowest BCUT2D eigenvalue weighted by Crippen LogP contribution is -2.08. The van der Waals surface area contributed by atoms with Gasteiger partial charge in [-0.15, -0.1) is 0 Å². The summed E-state index contributed by atoms with van der Waals surface area (Å²) in [6.07, 6.45) is 4.25. The summed E-state index contributed by atoms with van der Waals surface area (Å²) in [5.41, 5.74) is 6.29. The average molecular weight is 391 g/mol. The Morgan fingerprint density at radius 2 is 1.90 bits per heavy atom. The van der Waals surface area contributed by atoms with Crippen molar-refractivity contribution >= 4 is 18.0 Å². The fourth-order valence-corrected chi connectivity index (χ4v) is 2.78. The second-order valence-electron chi connectivity index (χ2n) is 6.42. The quantitative estimate of drug-likeness (QED) is 0.425. The van der Waals surface area contributed by atoms with Gasteiger partial charge in [0.1, 0.15) is 0 Å². The van der Waals surface area contributed by atoms with Crippen molar-refractivity contribution in [2.75, 3.05) is 31.5 Å². The van der Waals surface area contributed by atoms with Gasteiger partial charge in [-0.2, -0.15) is 10.1 Å². The summed E-state index contributed by atoms with van der Waals surface area (Å²) in [5.74, 6) is 2.61. The van der Waals surface area contributed by atoms with E-state index in [2.05, 4.69) is 44.9 Å². The molecule has 0 unspecified atom stereocenters. The number of benzene rings is 2. The summed E-state index contributed by atoms with van der Waals surface area (Å²) in [6, 6.07) is 15.8. The molecule has 0 fully saturated rings. The Hall–Kier alpha value is -3.61. The molecule has 0 saturated heterocycles. The minimum Gasteiger partial charge on any atom is -0.493 e. The molecule has 7 heteroatoms. The number of aromatic nitrogens is 2. The first kappa shape index (κ1) is 20.1. The summed E-state index contributed by atoms with van der Waals surface area (Å²) in [4.78, 5) is 8.67. The minimum atomic E-state index is 0.543. The van der Waals surface area contributed by atoms with Gasteiger partial charge in [0.2, 0.25) is 5.95 Å². The molecular weight excluding hydrogens is 366 g/mol. The number of nitrogens with one attached hydrogen (secondary N) is 2. The number of rotatable bonds is 9. The second-order valence-corrected chi connectivity index (χ2v) is 6.42. The molecule has 0 saturated carbocycles. The zero-order valence-corrected chi connectivity index (χ0v) is 16.8. The molecule has 3 aromatic rings. The van der Waals surface area contributed by atoms with Crippen molar-refractivity contribution in [2.24, 2.45) is 5.10 Å². The summed E-state index contributed by atoms with van der Waals surface area (Å²) in [6.45, 7) is 2.74. The molecule has 1 aromatic heterocycles. The van der Waals surface area contributed by atoms with E-state index in [9.17, 15) is 0 Å². The smallest absolute Gasteiger partial charge is 0.224 e. The summed E-state index contributed by atoms with van der Waals surface area (Å²) in [5, 5.41) is 7.47. The summed E-state index contributed by atoms with van der Waals surface area (Å²) in [7, 11) is 3.26. The van der Waals surface area contributed by atoms with Crippen molar-refractivity contribution in [2.45, 2.75) is 13.3 Å². The lowest BCUT2D eigenvalue weighted by molar-refractivity contribution is 0.354. The third-order valence-corrected chi connectivity index (χ3v) is 4.24. The Labute approximate surface area is 170 Å². The molecule has 2 N–H and O–H groups in total. The van der Waals surface area contributed by atoms with E-state index in [1.54, 1.807) is 32.7 Å². The van der Waals surface area contributed by atoms with Crippen molar-refractivity contribution in [1.82, 2.24) is 9.97 Å². The van der Waals surface area contributed by atoms with Crippen LogP contribution in [-0.2, 0) is 6.42 Å². The lowest BCUT2D eigenvalue weighted by Gasteiger charge is -2.10. The van der Waals surface area contributed by atoms with Crippen LogP contribution in [0.25, 0.3) is 0 Å². The van der Waals surface area contributed by atoms with Gasteiger partial charge in [-0.05, 0) is 36.6 Å². The first-order valence-corrected chi connectivity index (χ1v) is 9.31. The van der Waals surface area contributed by atoms with Crippen molar-refractivity contribution in [3.63, 3.8) is 0 Å². The Bertz CT molecular complexity index is 975. The Balaban J connectivity index is 1.53. The van der Waals surface area contributed by atoms with Gasteiger partial charge in [-0.3, -0.25) is 5.43 Å². The Kier molecular flexibility index (Phi) is 7.00. The molecule has 150 valence electrons. The van der Waals surface area contributed by atoms with E-state index >= 15 is 0 Å². The van der Waals surface area contributed by atoms with Gasteiger partial charge in [0, 0.05) is 18.8 Å². The van der Waals surface area contributed by atoms with Crippen LogP contribution in [0, 0.1) is 6.92 Å². The van der Waals surface area contributed by atoms with Gasteiger partial charge >= 0.3 is 0 Å². The van der Waals surface area contributed by atoms with Crippen LogP contribution < -0.4 is 20.2 Å². The van der Waals surface area contributed by atoms with Crippen LogP contribution in [0.5, 0.6) is 11.5 Å². The minimum absolute atomic E-state index is 0.543. The van der Waals surface area contributed by atoms with Crippen LogP contribution in [0.3, 0.4) is 0 Å². The maximum atomic E-state index is 5.34. The van der Waals surface area contributed by atoms with Gasteiger partial charge in [0.25, 0.3) is 0 Å². The molecule has 0 aliphatic carbocycles. The Morgan fingerprint density at radius 1 is 1.03 bits per heavy atom. The van der Waals surface area contributed by atoms with E-state index in [-0.39, 0.29) is 0 Å². The maximum Gasteiger partial charge on any atom is 0.224 e. The molecule has 0 aliphatic rings. The molecule has 29 heavy (non-hydrogen) atoms. The first-order chi connectivity index (χ1) is 14.2. The maximum absolute atomic E-state index is 5.34. The fourth-order valence-electron chi connectivity index (χ4n) is 2.78. The standard InChI is InChI=1S/C22H25N5O2/c1-16-5-4-6-18(13-16)15-25-27-21-10-12-24-22(26-21)23-11-9-17-7-8-19(28-2)20(14-17)29-3/h4-8,10,12-15H,9,11H2,1-3H3,(H2,23,24,26,27). The summed E-state index contributed by atoms with van der Waals surface area (Å²) < 4.78 is 10.6. The van der Waals surface area contributed by atoms with Crippen LogP contribution in [0.1, 0.15) is 16.7 Å². The highest BCUT2D eigenvalue weighted by molar-refractivity contribution is 5.80. The number of nitrogens with zero attached hydrogens (tertiary/aromatic N) is 3. The molecule has 3 rings (SSSR count). The molecule has 0 atom stereocenters. The lowest BCUT2D eigenvalue weighted by atomic mass is 10.1. The van der Waals surface area contributed by atoms with Crippen LogP contribution >= 0.6 is 0 Å².